The molecule has 6 nitrogen and oxygen atoms in total. The zero-order valence-corrected chi connectivity index (χ0v) is 18.7. The molecular weight excluding hydrogens is 474 g/mol. The minimum Gasteiger partial charge on any atom is -0.755 e. The Morgan fingerprint density at radius 3 is 2.52 bits per heavy atom. The molecule has 0 fully saturated rings. The second-order valence-corrected chi connectivity index (χ2v) is 8.11. The molecule has 0 spiro atoms. The van der Waals surface area contributed by atoms with E-state index in [-0.39, 0.29) is 28.4 Å². The zero-order valence-electron chi connectivity index (χ0n) is 17.1. The number of carbonyl (C=O) groups is 1. The molecule has 0 aliphatic carbocycles. The molecule has 0 bridgehead atoms. The van der Waals surface area contributed by atoms with Gasteiger partial charge in [-0.2, -0.15) is 0 Å². The molecule has 1 atom stereocenters. The van der Waals surface area contributed by atoms with Gasteiger partial charge in [0.15, 0.2) is 0 Å². The zero-order chi connectivity index (χ0) is 23.7. The van der Waals surface area contributed by atoms with Crippen molar-refractivity contribution in [1.29, 1.82) is 0 Å². The topological polar surface area (TPSA) is 74.6 Å². The van der Waals surface area contributed by atoms with E-state index in [9.17, 15) is 22.3 Å². The predicted octanol–water partition coefficient (Wildman–Crippen LogP) is 5.67. The molecule has 0 amide bonds. The van der Waals surface area contributed by atoms with Gasteiger partial charge in [-0.15, -0.1) is 0 Å². The van der Waals surface area contributed by atoms with Gasteiger partial charge in [0.1, 0.15) is 11.6 Å². The first-order valence-electron chi connectivity index (χ1n) is 9.73. The van der Waals surface area contributed by atoms with Gasteiger partial charge in [0.2, 0.25) is 0 Å². The van der Waals surface area contributed by atoms with E-state index < -0.39 is 34.4 Å². The highest BCUT2D eigenvalue weighted by Gasteiger charge is 2.22. The molecule has 0 saturated carbocycles. The van der Waals surface area contributed by atoms with Crippen molar-refractivity contribution in [2.45, 2.75) is 6.92 Å². The third-order valence-electron chi connectivity index (χ3n) is 4.91. The fraction of sp³-hybridized carbons (Fsp3) is 0.0870. The van der Waals surface area contributed by atoms with Crippen LogP contribution in [0.25, 0.3) is 16.6 Å². The third kappa shape index (κ3) is 4.35. The average Bonchev–Trinajstić information content (AvgIpc) is 3.13. The average molecular weight is 490 g/mol. The van der Waals surface area contributed by atoms with E-state index in [0.717, 1.165) is 22.5 Å². The van der Waals surface area contributed by atoms with Crippen LogP contribution < -0.4 is 4.31 Å². The van der Waals surface area contributed by atoms with E-state index in [0.29, 0.717) is 11.2 Å². The lowest BCUT2D eigenvalue weighted by molar-refractivity contribution is 0.0521. The number of halogens is 3. The van der Waals surface area contributed by atoms with Gasteiger partial charge < -0.3 is 13.9 Å². The Balaban J connectivity index is 1.96. The quantitative estimate of drug-likeness (QED) is 0.258. The normalized spacial score (nSPS) is 12.0. The molecule has 0 aliphatic heterocycles. The van der Waals surface area contributed by atoms with Crippen LogP contribution >= 0.6 is 11.6 Å². The number of aromatic nitrogens is 1. The first-order chi connectivity index (χ1) is 15.8. The van der Waals surface area contributed by atoms with E-state index in [1.165, 1.54) is 18.3 Å². The van der Waals surface area contributed by atoms with Gasteiger partial charge >= 0.3 is 5.97 Å². The van der Waals surface area contributed by atoms with Crippen LogP contribution in [0.15, 0.2) is 66.9 Å². The van der Waals surface area contributed by atoms with Crippen molar-refractivity contribution in [2.75, 3.05) is 10.9 Å². The summed E-state index contributed by atoms with van der Waals surface area (Å²) in [5.41, 5.74) is 0.755. The third-order valence-corrected chi connectivity index (χ3v) is 5.90. The first-order valence-corrected chi connectivity index (χ1v) is 11.1. The minimum absolute atomic E-state index is 0.0182. The molecule has 4 aromatic rings. The molecule has 170 valence electrons. The number of esters is 1. The van der Waals surface area contributed by atoms with Crippen LogP contribution in [0.4, 0.5) is 20.2 Å². The van der Waals surface area contributed by atoms with Crippen LogP contribution in [0.1, 0.15) is 17.3 Å². The molecule has 0 aliphatic rings. The molecule has 4 rings (SSSR count). The summed E-state index contributed by atoms with van der Waals surface area (Å²) in [4.78, 5) is 12.1. The van der Waals surface area contributed by atoms with Crippen molar-refractivity contribution in [3.8, 4) is 5.69 Å². The Kier molecular flexibility index (Phi) is 6.46. The van der Waals surface area contributed by atoms with Crippen molar-refractivity contribution in [3.63, 3.8) is 0 Å². The highest BCUT2D eigenvalue weighted by Crippen LogP contribution is 2.39. The Hall–Kier alpha value is -3.27. The fourth-order valence-corrected chi connectivity index (χ4v) is 4.23. The molecule has 1 aromatic heterocycles. The van der Waals surface area contributed by atoms with Crippen LogP contribution in [0, 0.1) is 11.6 Å². The Bertz CT molecular complexity index is 1380. The maximum atomic E-state index is 14.4. The second-order valence-electron chi connectivity index (χ2n) is 6.90. The molecule has 1 unspecified atom stereocenters. The molecule has 0 saturated heterocycles. The Morgan fingerprint density at radius 2 is 1.85 bits per heavy atom. The van der Waals surface area contributed by atoms with Crippen LogP contribution in [-0.2, 0) is 16.0 Å². The lowest BCUT2D eigenvalue weighted by Crippen LogP contribution is -2.20. The van der Waals surface area contributed by atoms with Gasteiger partial charge in [-0.25, -0.2) is 13.6 Å². The molecule has 0 N–H and O–H groups in total. The number of anilines is 2. The van der Waals surface area contributed by atoms with Gasteiger partial charge in [0.25, 0.3) is 0 Å². The lowest BCUT2D eigenvalue weighted by atomic mass is 10.1. The summed E-state index contributed by atoms with van der Waals surface area (Å²) in [7, 11) is 0. The minimum atomic E-state index is -2.91. The maximum Gasteiger partial charge on any atom is 0.341 e. The van der Waals surface area contributed by atoms with Gasteiger partial charge in [0, 0.05) is 17.3 Å². The number of ether oxygens (including phenoxy) is 1. The summed E-state index contributed by atoms with van der Waals surface area (Å²) in [6.07, 6.45) is 1.50. The summed E-state index contributed by atoms with van der Waals surface area (Å²) in [6.45, 7) is 1.58. The van der Waals surface area contributed by atoms with Gasteiger partial charge in [0.05, 0.1) is 45.4 Å². The van der Waals surface area contributed by atoms with Crippen LogP contribution in [-0.4, -0.2) is 25.9 Å². The van der Waals surface area contributed by atoms with Crippen LogP contribution in [0.5, 0.6) is 0 Å². The van der Waals surface area contributed by atoms with E-state index >= 15 is 0 Å². The van der Waals surface area contributed by atoms with Crippen molar-refractivity contribution in [1.82, 2.24) is 4.57 Å². The largest absolute Gasteiger partial charge is 0.755 e. The van der Waals surface area contributed by atoms with Gasteiger partial charge in [-0.05, 0) is 49.4 Å². The molecule has 10 heteroatoms. The van der Waals surface area contributed by atoms with E-state index in [2.05, 4.69) is 0 Å². The smallest absolute Gasteiger partial charge is 0.341 e. The number of rotatable bonds is 6. The highest BCUT2D eigenvalue weighted by atomic mass is 35.5. The fourth-order valence-electron chi connectivity index (χ4n) is 3.48. The van der Waals surface area contributed by atoms with E-state index in [1.54, 1.807) is 35.8 Å². The van der Waals surface area contributed by atoms with E-state index in [1.807, 2.05) is 6.07 Å². The molecular formula is C23H16ClF2N2O4S-. The summed E-state index contributed by atoms with van der Waals surface area (Å²) in [5.74, 6) is -2.53. The number of benzene rings is 3. The highest BCUT2D eigenvalue weighted by molar-refractivity contribution is 7.81. The second kappa shape index (κ2) is 9.30. The van der Waals surface area contributed by atoms with Crippen LogP contribution in [0.2, 0.25) is 5.02 Å². The standard InChI is InChI=1S/C23H17ClF2N2O4S/c1-2-32-23(29)16-10-15(8-9-19(16)25)28(33(30)31)22-13-27(14-6-4-3-5-7-14)21-12-18(24)20(26)11-17(21)22/h3-13H,2H2,1H3,(H,30,31)/p-1. The first kappa shape index (κ1) is 22.9. The van der Waals surface area contributed by atoms with Crippen molar-refractivity contribution in [2.24, 2.45) is 0 Å². The number of nitrogens with zero attached hydrogens (tertiary/aromatic N) is 2. The molecule has 3 aromatic carbocycles. The number of fused-ring (bicyclic) bond motifs is 1. The van der Waals surface area contributed by atoms with Gasteiger partial charge in [-0.3, -0.25) is 8.51 Å². The SMILES string of the molecule is CCOC(=O)c1cc(N(c2cn(-c3ccccc3)c3cc(Cl)c(F)cc23)S(=O)[O-])ccc1F. The predicted molar refractivity (Wildman–Crippen MR) is 122 cm³/mol. The number of hydrogen-bond acceptors (Lipinski definition) is 4. The summed E-state index contributed by atoms with van der Waals surface area (Å²) in [5, 5.41) is 0.109. The van der Waals surface area contributed by atoms with Crippen molar-refractivity contribution >= 4 is 51.1 Å². The molecule has 0 radical (unpaired) electrons. The van der Waals surface area contributed by atoms with Crippen molar-refractivity contribution in [3.05, 3.63) is 89.1 Å². The Morgan fingerprint density at radius 1 is 1.12 bits per heavy atom. The van der Waals surface area contributed by atoms with E-state index in [4.69, 9.17) is 16.3 Å². The maximum absolute atomic E-state index is 14.4. The summed E-state index contributed by atoms with van der Waals surface area (Å²) in [6, 6.07) is 14.7. The monoisotopic (exact) mass is 489 g/mol. The summed E-state index contributed by atoms with van der Waals surface area (Å²) < 4.78 is 60.6. The Labute approximate surface area is 195 Å². The molecule has 33 heavy (non-hydrogen) atoms. The number of hydrogen-bond donors (Lipinski definition) is 0. The number of para-hydroxylation sites is 1. The van der Waals surface area contributed by atoms with Gasteiger partial charge in [-0.1, -0.05) is 29.8 Å². The van der Waals surface area contributed by atoms with Crippen LogP contribution in [0.3, 0.4) is 0 Å². The van der Waals surface area contributed by atoms with Crippen molar-refractivity contribution < 1.29 is 27.1 Å². The summed E-state index contributed by atoms with van der Waals surface area (Å²) >= 11 is 3.09. The number of carbonyl (C=O) groups excluding carboxylic acids is 1. The molecule has 1 heterocycles. The lowest BCUT2D eigenvalue weighted by Gasteiger charge is -2.26.